The summed E-state index contributed by atoms with van der Waals surface area (Å²) in [5.41, 5.74) is 0.478. The number of carbonyl (C=O) groups excluding carboxylic acids is 2. The smallest absolute Gasteiger partial charge is 0.336 e. The number of fused-ring (bicyclic) bond motifs is 1. The molecule has 0 unspecified atom stereocenters. The number of carbonyl (C=O) groups is 2. The first-order valence-electron chi connectivity index (χ1n) is 8.58. The predicted molar refractivity (Wildman–Crippen MR) is 95.2 cm³/mol. The molecule has 0 bridgehead atoms. The van der Waals surface area contributed by atoms with Crippen molar-refractivity contribution in [3.05, 3.63) is 40.8 Å². The molecule has 25 heavy (non-hydrogen) atoms. The van der Waals surface area contributed by atoms with Crippen molar-refractivity contribution in [3.63, 3.8) is 0 Å². The van der Waals surface area contributed by atoms with Crippen LogP contribution < -0.4 is 16.3 Å². The third kappa shape index (κ3) is 4.07. The standard InChI is InChI=1S/C19H22N2O4/c1-11-3-6-15(12(2)9-11)21-19(24)18(23)20-14-5-7-16-13(10-14)4-8-17(22)25-16/h4-5,7-8,10-12,15H,3,6,9H2,1-2H3,(H,20,23)(H,21,24)/t11-,12+,15-/m1/s1. The molecule has 132 valence electrons. The zero-order chi connectivity index (χ0) is 18.0. The van der Waals surface area contributed by atoms with Gasteiger partial charge in [0.15, 0.2) is 0 Å². The summed E-state index contributed by atoms with van der Waals surface area (Å²) in [6.45, 7) is 4.32. The molecule has 1 aliphatic carbocycles. The zero-order valence-corrected chi connectivity index (χ0v) is 14.4. The summed E-state index contributed by atoms with van der Waals surface area (Å²) in [5, 5.41) is 6.11. The molecule has 1 aromatic heterocycles. The van der Waals surface area contributed by atoms with Gasteiger partial charge in [0.05, 0.1) is 0 Å². The van der Waals surface area contributed by atoms with Gasteiger partial charge in [-0.2, -0.15) is 0 Å². The summed E-state index contributed by atoms with van der Waals surface area (Å²) in [4.78, 5) is 35.5. The Morgan fingerprint density at radius 1 is 1.08 bits per heavy atom. The number of anilines is 1. The SMILES string of the molecule is C[C@@H]1CC[C@@H](NC(=O)C(=O)Nc2ccc3oc(=O)ccc3c2)[C@@H](C)C1. The minimum Gasteiger partial charge on any atom is -0.423 e. The molecule has 0 saturated heterocycles. The minimum absolute atomic E-state index is 0.0420. The van der Waals surface area contributed by atoms with Crippen LogP contribution in [0.25, 0.3) is 11.0 Å². The summed E-state index contributed by atoms with van der Waals surface area (Å²) < 4.78 is 5.04. The van der Waals surface area contributed by atoms with Crippen LogP contribution in [0.15, 0.2) is 39.5 Å². The Hall–Kier alpha value is -2.63. The highest BCUT2D eigenvalue weighted by molar-refractivity contribution is 6.39. The molecule has 2 amide bonds. The van der Waals surface area contributed by atoms with Gasteiger partial charge in [0.1, 0.15) is 5.58 Å². The molecule has 2 N–H and O–H groups in total. The summed E-state index contributed by atoms with van der Waals surface area (Å²) in [6, 6.07) is 7.82. The second kappa shape index (κ2) is 7.09. The highest BCUT2D eigenvalue weighted by atomic mass is 16.4. The maximum atomic E-state index is 12.2. The van der Waals surface area contributed by atoms with Gasteiger partial charge in [-0.25, -0.2) is 4.79 Å². The van der Waals surface area contributed by atoms with Crippen LogP contribution in [0.3, 0.4) is 0 Å². The first-order valence-corrected chi connectivity index (χ1v) is 8.58. The number of rotatable bonds is 2. The van der Waals surface area contributed by atoms with Gasteiger partial charge in [0.2, 0.25) is 0 Å². The van der Waals surface area contributed by atoms with E-state index in [9.17, 15) is 14.4 Å². The van der Waals surface area contributed by atoms with E-state index in [-0.39, 0.29) is 6.04 Å². The molecule has 2 aromatic rings. The fourth-order valence-corrected chi connectivity index (χ4v) is 3.45. The maximum Gasteiger partial charge on any atom is 0.336 e. The molecule has 1 heterocycles. The predicted octanol–water partition coefficient (Wildman–Crippen LogP) is 2.67. The largest absolute Gasteiger partial charge is 0.423 e. The van der Waals surface area contributed by atoms with Crippen LogP contribution in [0.4, 0.5) is 5.69 Å². The molecule has 3 rings (SSSR count). The van der Waals surface area contributed by atoms with Gasteiger partial charge in [-0.3, -0.25) is 9.59 Å². The van der Waals surface area contributed by atoms with E-state index in [1.54, 1.807) is 24.3 Å². The average molecular weight is 342 g/mol. The van der Waals surface area contributed by atoms with Gasteiger partial charge >= 0.3 is 17.4 Å². The summed E-state index contributed by atoms with van der Waals surface area (Å²) in [5.74, 6) is -0.285. The Kier molecular flexibility index (Phi) is 4.88. The first kappa shape index (κ1) is 17.2. The molecule has 6 heteroatoms. The van der Waals surface area contributed by atoms with E-state index < -0.39 is 17.4 Å². The van der Waals surface area contributed by atoms with Gasteiger partial charge in [-0.1, -0.05) is 13.8 Å². The molecule has 1 saturated carbocycles. The van der Waals surface area contributed by atoms with Gasteiger partial charge in [-0.15, -0.1) is 0 Å². The van der Waals surface area contributed by atoms with E-state index in [0.29, 0.717) is 28.5 Å². The van der Waals surface area contributed by atoms with Crippen LogP contribution in [0, 0.1) is 11.8 Å². The van der Waals surface area contributed by atoms with Crippen molar-refractivity contribution in [2.24, 2.45) is 11.8 Å². The van der Waals surface area contributed by atoms with Gasteiger partial charge in [-0.05, 0) is 55.4 Å². The van der Waals surface area contributed by atoms with Crippen molar-refractivity contribution in [3.8, 4) is 0 Å². The average Bonchev–Trinajstić information content (AvgIpc) is 2.57. The lowest BCUT2D eigenvalue weighted by Crippen LogP contribution is -2.46. The number of benzene rings is 1. The van der Waals surface area contributed by atoms with Crippen molar-refractivity contribution < 1.29 is 14.0 Å². The normalized spacial score (nSPS) is 23.2. The van der Waals surface area contributed by atoms with Crippen molar-refractivity contribution in [2.75, 3.05) is 5.32 Å². The molecule has 0 radical (unpaired) electrons. The monoisotopic (exact) mass is 342 g/mol. The highest BCUT2D eigenvalue weighted by Gasteiger charge is 2.28. The maximum absolute atomic E-state index is 12.2. The molecule has 3 atom stereocenters. The van der Waals surface area contributed by atoms with Gasteiger partial charge in [0, 0.05) is 23.2 Å². The number of hydrogen-bond acceptors (Lipinski definition) is 4. The Morgan fingerprint density at radius 2 is 1.88 bits per heavy atom. The van der Waals surface area contributed by atoms with Crippen LogP contribution in [-0.4, -0.2) is 17.9 Å². The lowest BCUT2D eigenvalue weighted by atomic mass is 9.80. The Labute approximate surface area is 145 Å². The fraction of sp³-hybridized carbons (Fsp3) is 0.421. The quantitative estimate of drug-likeness (QED) is 0.649. The molecule has 1 aliphatic rings. The fourth-order valence-electron chi connectivity index (χ4n) is 3.45. The number of nitrogens with one attached hydrogen (secondary N) is 2. The lowest BCUT2D eigenvalue weighted by Gasteiger charge is -2.32. The van der Waals surface area contributed by atoms with E-state index in [0.717, 1.165) is 19.3 Å². The van der Waals surface area contributed by atoms with Crippen molar-refractivity contribution in [1.82, 2.24) is 5.32 Å². The highest BCUT2D eigenvalue weighted by Crippen LogP contribution is 2.28. The van der Waals surface area contributed by atoms with E-state index in [1.165, 1.54) is 6.07 Å². The summed E-state index contributed by atoms with van der Waals surface area (Å²) in [7, 11) is 0. The van der Waals surface area contributed by atoms with E-state index in [2.05, 4.69) is 24.5 Å². The van der Waals surface area contributed by atoms with Crippen LogP contribution >= 0.6 is 0 Å². The van der Waals surface area contributed by atoms with Crippen LogP contribution in [0.2, 0.25) is 0 Å². The third-order valence-corrected chi connectivity index (χ3v) is 4.83. The summed E-state index contributed by atoms with van der Waals surface area (Å²) >= 11 is 0. The molecule has 0 spiro atoms. The molecule has 1 aromatic carbocycles. The topological polar surface area (TPSA) is 88.4 Å². The number of hydrogen-bond donors (Lipinski definition) is 2. The number of amides is 2. The van der Waals surface area contributed by atoms with Crippen LogP contribution in [0.1, 0.15) is 33.1 Å². The Bertz CT molecular complexity index is 858. The van der Waals surface area contributed by atoms with Crippen molar-refractivity contribution in [2.45, 2.75) is 39.2 Å². The third-order valence-electron chi connectivity index (χ3n) is 4.83. The van der Waals surface area contributed by atoms with Crippen LogP contribution in [0.5, 0.6) is 0 Å². The van der Waals surface area contributed by atoms with Crippen molar-refractivity contribution in [1.29, 1.82) is 0 Å². The van der Waals surface area contributed by atoms with Gasteiger partial charge in [0.25, 0.3) is 0 Å². The Morgan fingerprint density at radius 3 is 2.64 bits per heavy atom. The molecule has 1 fully saturated rings. The van der Waals surface area contributed by atoms with Gasteiger partial charge < -0.3 is 15.1 Å². The summed E-state index contributed by atoms with van der Waals surface area (Å²) in [6.07, 6.45) is 3.02. The van der Waals surface area contributed by atoms with Crippen LogP contribution in [-0.2, 0) is 9.59 Å². The second-order valence-electron chi connectivity index (χ2n) is 6.94. The van der Waals surface area contributed by atoms with Crippen molar-refractivity contribution >= 4 is 28.5 Å². The lowest BCUT2D eigenvalue weighted by molar-refractivity contribution is -0.137. The zero-order valence-electron chi connectivity index (χ0n) is 14.4. The molecule has 0 aliphatic heterocycles. The van der Waals surface area contributed by atoms with E-state index in [1.807, 2.05) is 0 Å². The van der Waals surface area contributed by atoms with E-state index in [4.69, 9.17) is 4.42 Å². The van der Waals surface area contributed by atoms with E-state index >= 15 is 0 Å². The minimum atomic E-state index is -0.692. The Balaban J connectivity index is 1.64. The first-order chi connectivity index (χ1) is 11.9. The second-order valence-corrected chi connectivity index (χ2v) is 6.94. The molecule has 6 nitrogen and oxygen atoms in total. The molecular weight excluding hydrogens is 320 g/mol. The molecular formula is C19H22N2O4.